The lowest BCUT2D eigenvalue weighted by molar-refractivity contribution is 0.397. The minimum absolute atomic E-state index is 0. The van der Waals surface area contributed by atoms with Gasteiger partial charge in [0.2, 0.25) is 0 Å². The van der Waals surface area contributed by atoms with Gasteiger partial charge in [-0.2, -0.15) is 8.42 Å². The van der Waals surface area contributed by atoms with Crippen molar-refractivity contribution in [3.63, 3.8) is 0 Å². The van der Waals surface area contributed by atoms with Gasteiger partial charge in [-0.15, -0.1) is 0 Å². The molecule has 0 aliphatic carbocycles. The second-order valence-corrected chi connectivity index (χ2v) is 4.97. The van der Waals surface area contributed by atoms with E-state index in [1.165, 1.54) is 19.2 Å². The van der Waals surface area contributed by atoms with Crippen molar-refractivity contribution in [3.8, 4) is 5.75 Å². The van der Waals surface area contributed by atoms with Crippen molar-refractivity contribution < 1.29 is 28.7 Å². The predicted molar refractivity (Wildman–Crippen MR) is 62.5 cm³/mol. The predicted octanol–water partition coefficient (Wildman–Crippen LogP) is 0.363. The molecule has 0 saturated carbocycles. The van der Waals surface area contributed by atoms with Crippen LogP contribution in [0.15, 0.2) is 21.5 Å². The SMILES string of the molecule is COc1cc(C)c(Br)cc1S(=O)(=O)O.O.O. The summed E-state index contributed by atoms with van der Waals surface area (Å²) in [5.74, 6) is 0.133. The molecule has 94 valence electrons. The quantitative estimate of drug-likeness (QED) is 0.790. The molecule has 0 radical (unpaired) electrons. The van der Waals surface area contributed by atoms with Crippen molar-refractivity contribution >= 4 is 26.0 Å². The molecule has 8 heteroatoms. The fraction of sp³-hybridized carbons (Fsp3) is 0.250. The van der Waals surface area contributed by atoms with Gasteiger partial charge in [-0.1, -0.05) is 15.9 Å². The molecule has 0 aliphatic rings. The van der Waals surface area contributed by atoms with Crippen LogP contribution in [0.3, 0.4) is 0 Å². The average molecular weight is 317 g/mol. The molecule has 1 aromatic rings. The molecule has 0 saturated heterocycles. The molecule has 0 spiro atoms. The summed E-state index contributed by atoms with van der Waals surface area (Å²) in [4.78, 5) is -0.238. The van der Waals surface area contributed by atoms with Crippen LogP contribution in [-0.4, -0.2) is 31.0 Å². The summed E-state index contributed by atoms with van der Waals surface area (Å²) in [7, 11) is -2.90. The molecular formula is C8H13BrO6S. The first-order valence-electron chi connectivity index (χ1n) is 3.68. The van der Waals surface area contributed by atoms with Gasteiger partial charge in [-0.05, 0) is 24.6 Å². The number of benzene rings is 1. The molecule has 0 aliphatic heterocycles. The molecule has 0 unspecified atom stereocenters. The zero-order chi connectivity index (χ0) is 10.9. The Labute approximate surface area is 102 Å². The second-order valence-electron chi connectivity index (χ2n) is 2.73. The molecule has 6 nitrogen and oxygen atoms in total. The topological polar surface area (TPSA) is 127 Å². The van der Waals surface area contributed by atoms with E-state index in [2.05, 4.69) is 15.9 Å². The Balaban J connectivity index is 0. The van der Waals surface area contributed by atoms with Gasteiger partial charge < -0.3 is 15.7 Å². The van der Waals surface area contributed by atoms with Crippen LogP contribution in [0.1, 0.15) is 5.56 Å². The van der Waals surface area contributed by atoms with Gasteiger partial charge in [-0.25, -0.2) is 0 Å². The van der Waals surface area contributed by atoms with E-state index in [9.17, 15) is 8.42 Å². The van der Waals surface area contributed by atoms with E-state index in [1.807, 2.05) is 0 Å². The molecule has 0 fully saturated rings. The largest absolute Gasteiger partial charge is 0.495 e. The summed E-state index contributed by atoms with van der Waals surface area (Å²) < 4.78 is 36.2. The molecule has 0 bridgehead atoms. The molecule has 1 rings (SSSR count). The van der Waals surface area contributed by atoms with Gasteiger partial charge in [0.05, 0.1) is 7.11 Å². The fourth-order valence-corrected chi connectivity index (χ4v) is 2.16. The highest BCUT2D eigenvalue weighted by Gasteiger charge is 2.17. The lowest BCUT2D eigenvalue weighted by Crippen LogP contribution is -2.02. The summed E-state index contributed by atoms with van der Waals surface area (Å²) in [6, 6.07) is 2.84. The number of ether oxygens (including phenoxy) is 1. The Hall–Kier alpha value is -0.670. The van der Waals surface area contributed by atoms with Gasteiger partial charge in [0, 0.05) is 4.47 Å². The van der Waals surface area contributed by atoms with E-state index in [0.29, 0.717) is 4.47 Å². The fourth-order valence-electron chi connectivity index (χ4n) is 0.998. The van der Waals surface area contributed by atoms with Crippen LogP contribution >= 0.6 is 15.9 Å². The van der Waals surface area contributed by atoms with Gasteiger partial charge in [0.25, 0.3) is 10.1 Å². The monoisotopic (exact) mass is 316 g/mol. The highest BCUT2D eigenvalue weighted by Crippen LogP contribution is 2.29. The van der Waals surface area contributed by atoms with Crippen LogP contribution in [0.4, 0.5) is 0 Å². The van der Waals surface area contributed by atoms with E-state index < -0.39 is 10.1 Å². The number of aryl methyl sites for hydroxylation is 1. The first-order chi connectivity index (χ1) is 6.36. The lowest BCUT2D eigenvalue weighted by atomic mass is 10.2. The molecule has 5 N–H and O–H groups in total. The third-order valence-electron chi connectivity index (χ3n) is 1.72. The maximum Gasteiger partial charge on any atom is 0.298 e. The van der Waals surface area contributed by atoms with Crippen LogP contribution in [0.5, 0.6) is 5.75 Å². The summed E-state index contributed by atoms with van der Waals surface area (Å²) in [5, 5.41) is 0. The van der Waals surface area contributed by atoms with Crippen molar-refractivity contribution in [2.45, 2.75) is 11.8 Å². The van der Waals surface area contributed by atoms with Gasteiger partial charge in [-0.3, -0.25) is 4.55 Å². The Morgan fingerprint density at radius 3 is 2.19 bits per heavy atom. The number of hydrogen-bond acceptors (Lipinski definition) is 3. The third-order valence-corrected chi connectivity index (χ3v) is 3.45. The molecule has 0 heterocycles. The minimum Gasteiger partial charge on any atom is -0.495 e. The number of methoxy groups -OCH3 is 1. The zero-order valence-electron chi connectivity index (χ0n) is 8.61. The third kappa shape index (κ3) is 3.72. The Bertz CT molecular complexity index is 456. The van der Waals surface area contributed by atoms with E-state index in [1.54, 1.807) is 6.92 Å². The second kappa shape index (κ2) is 6.16. The number of rotatable bonds is 2. The molecule has 0 amide bonds. The normalized spacial score (nSPS) is 10.0. The molecule has 0 atom stereocenters. The van der Waals surface area contributed by atoms with Gasteiger partial charge >= 0.3 is 0 Å². The molecule has 0 aromatic heterocycles. The standard InChI is InChI=1S/C8H9BrO4S.2H2O/c1-5-3-7(13-2)8(4-6(5)9)14(10,11)12;;/h3-4H,1-2H3,(H,10,11,12);2*1H2. The first-order valence-corrected chi connectivity index (χ1v) is 5.91. The highest BCUT2D eigenvalue weighted by molar-refractivity contribution is 9.10. The van der Waals surface area contributed by atoms with Crippen LogP contribution < -0.4 is 4.74 Å². The van der Waals surface area contributed by atoms with E-state index in [-0.39, 0.29) is 21.6 Å². The molecule has 16 heavy (non-hydrogen) atoms. The van der Waals surface area contributed by atoms with Crippen molar-refractivity contribution in [3.05, 3.63) is 22.2 Å². The maximum absolute atomic E-state index is 10.9. The van der Waals surface area contributed by atoms with Crippen LogP contribution in [0.25, 0.3) is 0 Å². The number of hydrogen-bond donors (Lipinski definition) is 1. The van der Waals surface area contributed by atoms with Crippen LogP contribution in [0, 0.1) is 6.92 Å². The first kappa shape index (κ1) is 17.7. The Morgan fingerprint density at radius 1 is 1.31 bits per heavy atom. The number of halogens is 1. The van der Waals surface area contributed by atoms with Crippen LogP contribution in [-0.2, 0) is 10.1 Å². The van der Waals surface area contributed by atoms with Crippen molar-refractivity contribution in [2.75, 3.05) is 7.11 Å². The smallest absolute Gasteiger partial charge is 0.298 e. The Kier molecular flexibility index (Phi) is 6.82. The highest BCUT2D eigenvalue weighted by atomic mass is 79.9. The summed E-state index contributed by atoms with van der Waals surface area (Å²) in [6.07, 6.45) is 0. The van der Waals surface area contributed by atoms with Crippen molar-refractivity contribution in [2.24, 2.45) is 0 Å². The zero-order valence-corrected chi connectivity index (χ0v) is 11.0. The van der Waals surface area contributed by atoms with Crippen molar-refractivity contribution in [1.29, 1.82) is 0 Å². The van der Waals surface area contributed by atoms with Gasteiger partial charge in [0.1, 0.15) is 10.6 Å². The summed E-state index contributed by atoms with van der Waals surface area (Å²) in [6.45, 7) is 1.79. The van der Waals surface area contributed by atoms with Crippen molar-refractivity contribution in [1.82, 2.24) is 0 Å². The van der Waals surface area contributed by atoms with E-state index >= 15 is 0 Å². The van der Waals surface area contributed by atoms with E-state index in [0.717, 1.165) is 5.56 Å². The molecular weight excluding hydrogens is 304 g/mol. The minimum atomic E-state index is -4.24. The summed E-state index contributed by atoms with van der Waals surface area (Å²) in [5.41, 5.74) is 0.828. The summed E-state index contributed by atoms with van der Waals surface area (Å²) >= 11 is 3.17. The van der Waals surface area contributed by atoms with Crippen LogP contribution in [0.2, 0.25) is 0 Å². The lowest BCUT2D eigenvalue weighted by Gasteiger charge is -2.08. The van der Waals surface area contributed by atoms with Gasteiger partial charge in [0.15, 0.2) is 0 Å². The maximum atomic E-state index is 10.9. The Morgan fingerprint density at radius 2 is 1.81 bits per heavy atom. The molecule has 1 aromatic carbocycles. The van der Waals surface area contributed by atoms with E-state index in [4.69, 9.17) is 9.29 Å². The average Bonchev–Trinajstić information content (AvgIpc) is 2.07.